The van der Waals surface area contributed by atoms with Gasteiger partial charge in [-0.1, -0.05) is 47.6 Å². The maximum absolute atomic E-state index is 5.56. The Morgan fingerprint density at radius 2 is 1.71 bits per heavy atom. The fraction of sp³-hybridized carbons (Fsp3) is 0.600. The smallest absolute Gasteiger partial charge is 0.152 e. The molecule has 0 fully saturated rings. The summed E-state index contributed by atoms with van der Waals surface area (Å²) in [7, 11) is 0. The van der Waals surface area contributed by atoms with Crippen LogP contribution in [0, 0.1) is 5.41 Å². The van der Waals surface area contributed by atoms with E-state index < -0.39 is 0 Å². The lowest BCUT2D eigenvalue weighted by atomic mass is 9.80. The molecule has 0 saturated heterocycles. The zero-order valence-corrected chi connectivity index (χ0v) is 11.7. The highest BCUT2D eigenvalue weighted by atomic mass is 16.7. The molecule has 1 atom stereocenters. The Morgan fingerprint density at radius 1 is 1.06 bits per heavy atom. The molecule has 2 nitrogen and oxygen atoms in total. The van der Waals surface area contributed by atoms with E-state index in [1.54, 1.807) is 0 Å². The second-order valence-electron chi connectivity index (χ2n) is 7.02. The van der Waals surface area contributed by atoms with E-state index in [9.17, 15) is 0 Å². The van der Waals surface area contributed by atoms with E-state index in [1.165, 1.54) is 11.1 Å². The largest absolute Gasteiger partial charge is 0.408 e. The van der Waals surface area contributed by atoms with E-state index >= 15 is 0 Å². The summed E-state index contributed by atoms with van der Waals surface area (Å²) in [5.74, 6) is 0.970. The normalized spacial score (nSPS) is 20.0. The van der Waals surface area contributed by atoms with Gasteiger partial charge < -0.3 is 4.84 Å². The molecule has 94 valence electrons. The number of hydroxylamine groups is 1. The minimum absolute atomic E-state index is 0.155. The Balaban J connectivity index is 2.45. The van der Waals surface area contributed by atoms with Crippen molar-refractivity contribution in [2.24, 2.45) is 5.41 Å². The number of rotatable bonds is 0. The molecular formula is C15H23NO. The Kier molecular flexibility index (Phi) is 2.74. The van der Waals surface area contributed by atoms with Crippen molar-refractivity contribution < 1.29 is 4.84 Å². The molecule has 1 aromatic carbocycles. The van der Waals surface area contributed by atoms with Crippen LogP contribution >= 0.6 is 0 Å². The molecule has 1 aliphatic heterocycles. The SMILES string of the molecule is CC(C)(C)c1ccc2c(c1)C(C(C)(C)C)NO2. The molecule has 17 heavy (non-hydrogen) atoms. The van der Waals surface area contributed by atoms with Gasteiger partial charge in [-0.3, -0.25) is 0 Å². The molecular weight excluding hydrogens is 210 g/mol. The third-order valence-corrected chi connectivity index (χ3v) is 3.34. The van der Waals surface area contributed by atoms with Gasteiger partial charge in [0.2, 0.25) is 0 Å². The standard InChI is InChI=1S/C15H23NO/c1-14(2,3)10-7-8-12-11(9-10)13(16-17-12)15(4,5)6/h7-9,13,16H,1-6H3. The minimum Gasteiger partial charge on any atom is -0.408 e. The number of fused-ring (bicyclic) bond motifs is 1. The predicted octanol–water partition coefficient (Wildman–Crippen LogP) is 3.97. The van der Waals surface area contributed by atoms with Crippen molar-refractivity contribution in [1.29, 1.82) is 0 Å². The van der Waals surface area contributed by atoms with Gasteiger partial charge in [-0.2, -0.15) is 0 Å². The Morgan fingerprint density at radius 3 is 2.24 bits per heavy atom. The van der Waals surface area contributed by atoms with E-state index in [0.29, 0.717) is 0 Å². The van der Waals surface area contributed by atoms with Crippen molar-refractivity contribution in [3.8, 4) is 5.75 Å². The van der Waals surface area contributed by atoms with Crippen LogP contribution in [0.25, 0.3) is 0 Å². The van der Waals surface area contributed by atoms with Crippen molar-refractivity contribution in [3.05, 3.63) is 29.3 Å². The molecule has 2 rings (SSSR count). The van der Waals surface area contributed by atoms with Gasteiger partial charge in [0.25, 0.3) is 0 Å². The van der Waals surface area contributed by atoms with Gasteiger partial charge in [0, 0.05) is 5.56 Å². The molecule has 1 heterocycles. The minimum atomic E-state index is 0.155. The van der Waals surface area contributed by atoms with Gasteiger partial charge in [-0.05, 0) is 28.5 Å². The van der Waals surface area contributed by atoms with E-state index in [1.807, 2.05) is 0 Å². The van der Waals surface area contributed by atoms with Crippen molar-refractivity contribution in [3.63, 3.8) is 0 Å². The van der Waals surface area contributed by atoms with Gasteiger partial charge in [-0.25, -0.2) is 0 Å². The first-order valence-electron chi connectivity index (χ1n) is 6.26. The van der Waals surface area contributed by atoms with Crippen LogP contribution in [0.4, 0.5) is 0 Å². The van der Waals surface area contributed by atoms with E-state index in [0.717, 1.165) is 5.75 Å². The number of benzene rings is 1. The summed E-state index contributed by atoms with van der Waals surface area (Å²) >= 11 is 0. The van der Waals surface area contributed by atoms with Crippen molar-refractivity contribution >= 4 is 0 Å². The summed E-state index contributed by atoms with van der Waals surface area (Å²) in [6, 6.07) is 6.78. The summed E-state index contributed by atoms with van der Waals surface area (Å²) in [4.78, 5) is 5.56. The summed E-state index contributed by atoms with van der Waals surface area (Å²) in [5, 5.41) is 0. The molecule has 0 amide bonds. The first-order chi connectivity index (χ1) is 7.69. The average molecular weight is 233 g/mol. The Labute approximate surface area is 104 Å². The fourth-order valence-corrected chi connectivity index (χ4v) is 2.16. The van der Waals surface area contributed by atoms with Crippen molar-refractivity contribution in [1.82, 2.24) is 5.48 Å². The van der Waals surface area contributed by atoms with Crippen LogP contribution < -0.4 is 10.3 Å². The Bertz CT molecular complexity index is 424. The molecule has 0 aliphatic carbocycles. The number of hydrogen-bond donors (Lipinski definition) is 1. The lowest BCUT2D eigenvalue weighted by Crippen LogP contribution is -2.28. The zero-order chi connectivity index (χ0) is 12.8. The topological polar surface area (TPSA) is 21.3 Å². The highest BCUT2D eigenvalue weighted by Gasteiger charge is 2.34. The van der Waals surface area contributed by atoms with Crippen LogP contribution in [-0.4, -0.2) is 0 Å². The highest BCUT2D eigenvalue weighted by Crippen LogP contribution is 2.42. The maximum atomic E-state index is 5.56. The molecule has 0 saturated carbocycles. The summed E-state index contributed by atoms with van der Waals surface area (Å²) in [5.41, 5.74) is 6.12. The molecule has 0 aromatic heterocycles. The lowest BCUT2D eigenvalue weighted by molar-refractivity contribution is 0.133. The van der Waals surface area contributed by atoms with Gasteiger partial charge in [0.15, 0.2) is 5.75 Å². The van der Waals surface area contributed by atoms with Gasteiger partial charge in [-0.15, -0.1) is 5.48 Å². The second kappa shape index (κ2) is 3.74. The van der Waals surface area contributed by atoms with Crippen LogP contribution in [0.1, 0.15) is 58.7 Å². The van der Waals surface area contributed by atoms with Gasteiger partial charge >= 0.3 is 0 Å². The van der Waals surface area contributed by atoms with Crippen molar-refractivity contribution in [2.75, 3.05) is 0 Å². The summed E-state index contributed by atoms with van der Waals surface area (Å²) in [6.07, 6.45) is 0. The third-order valence-electron chi connectivity index (χ3n) is 3.34. The molecule has 1 aromatic rings. The first kappa shape index (κ1) is 12.4. The predicted molar refractivity (Wildman–Crippen MR) is 71.1 cm³/mol. The van der Waals surface area contributed by atoms with E-state index in [4.69, 9.17) is 4.84 Å². The molecule has 0 spiro atoms. The summed E-state index contributed by atoms with van der Waals surface area (Å²) in [6.45, 7) is 13.4. The van der Waals surface area contributed by atoms with Crippen LogP contribution in [-0.2, 0) is 5.41 Å². The third kappa shape index (κ3) is 2.32. The number of hydrogen-bond acceptors (Lipinski definition) is 2. The molecule has 2 heteroatoms. The average Bonchev–Trinajstić information content (AvgIpc) is 2.57. The van der Waals surface area contributed by atoms with E-state index in [-0.39, 0.29) is 16.9 Å². The molecule has 1 N–H and O–H groups in total. The van der Waals surface area contributed by atoms with Gasteiger partial charge in [0.1, 0.15) is 0 Å². The van der Waals surface area contributed by atoms with Crippen LogP contribution in [0.15, 0.2) is 18.2 Å². The lowest BCUT2D eigenvalue weighted by Gasteiger charge is -2.27. The van der Waals surface area contributed by atoms with Crippen LogP contribution in [0.2, 0.25) is 0 Å². The maximum Gasteiger partial charge on any atom is 0.152 e. The highest BCUT2D eigenvalue weighted by molar-refractivity contribution is 5.44. The molecule has 1 unspecified atom stereocenters. The fourth-order valence-electron chi connectivity index (χ4n) is 2.16. The Hall–Kier alpha value is -1.02. The molecule has 1 aliphatic rings. The number of nitrogens with one attached hydrogen (secondary N) is 1. The van der Waals surface area contributed by atoms with Gasteiger partial charge in [0.05, 0.1) is 6.04 Å². The quantitative estimate of drug-likeness (QED) is 0.732. The molecule has 0 radical (unpaired) electrons. The molecule has 0 bridgehead atoms. The first-order valence-corrected chi connectivity index (χ1v) is 6.26. The summed E-state index contributed by atoms with van der Waals surface area (Å²) < 4.78 is 0. The zero-order valence-electron chi connectivity index (χ0n) is 11.7. The van der Waals surface area contributed by atoms with Crippen LogP contribution in [0.5, 0.6) is 5.75 Å². The monoisotopic (exact) mass is 233 g/mol. The van der Waals surface area contributed by atoms with Crippen molar-refractivity contribution in [2.45, 2.75) is 53.0 Å². The van der Waals surface area contributed by atoms with Crippen LogP contribution in [0.3, 0.4) is 0 Å². The van der Waals surface area contributed by atoms with E-state index in [2.05, 4.69) is 65.2 Å². The second-order valence-corrected chi connectivity index (χ2v) is 7.02.